The quantitative estimate of drug-likeness (QED) is 0.465. The van der Waals surface area contributed by atoms with E-state index in [0.29, 0.717) is 12.2 Å². The average molecular weight is 418 g/mol. The molecule has 0 spiro atoms. The molecule has 0 bridgehead atoms. The summed E-state index contributed by atoms with van der Waals surface area (Å²) in [6.45, 7) is 1.35. The summed E-state index contributed by atoms with van der Waals surface area (Å²) >= 11 is 0. The van der Waals surface area contributed by atoms with Crippen molar-refractivity contribution in [2.24, 2.45) is 0 Å². The van der Waals surface area contributed by atoms with Gasteiger partial charge in [0.25, 0.3) is 11.7 Å². The molecule has 1 saturated carbocycles. The number of fused-ring (bicyclic) bond motifs is 1. The van der Waals surface area contributed by atoms with Crippen LogP contribution in [0.2, 0.25) is 0 Å². The third-order valence-corrected chi connectivity index (χ3v) is 6.64. The lowest BCUT2D eigenvalue weighted by molar-refractivity contribution is -0.141. The highest BCUT2D eigenvalue weighted by Crippen LogP contribution is 2.44. The van der Waals surface area contributed by atoms with Gasteiger partial charge in [-0.1, -0.05) is 43.2 Å². The number of hydrogen-bond acceptors (Lipinski definition) is 5. The molecule has 1 unspecified atom stereocenters. The number of benzene rings is 2. The maximum Gasteiger partial charge on any atom is 0.295 e. The number of amides is 1. The third-order valence-electron chi connectivity index (χ3n) is 6.64. The predicted molar refractivity (Wildman–Crippen MR) is 118 cm³/mol. The molecule has 1 N–H and O–H groups in total. The molecule has 1 atom stereocenters. The van der Waals surface area contributed by atoms with Crippen LogP contribution < -0.4 is 9.64 Å². The lowest BCUT2D eigenvalue weighted by Gasteiger charge is -2.31. The van der Waals surface area contributed by atoms with Crippen molar-refractivity contribution < 1.29 is 19.4 Å². The van der Waals surface area contributed by atoms with Crippen molar-refractivity contribution in [2.45, 2.75) is 37.8 Å². The zero-order chi connectivity index (χ0) is 21.5. The number of rotatable bonds is 3. The van der Waals surface area contributed by atoms with Crippen LogP contribution in [0.25, 0.3) is 5.76 Å². The second-order valence-corrected chi connectivity index (χ2v) is 8.51. The molecule has 2 aliphatic heterocycles. The second-order valence-electron chi connectivity index (χ2n) is 8.51. The molecule has 2 aromatic rings. The molecule has 2 aromatic carbocycles. The lowest BCUT2D eigenvalue weighted by Crippen LogP contribution is -2.37. The van der Waals surface area contributed by atoms with Crippen molar-refractivity contribution >= 4 is 23.1 Å². The first-order valence-electron chi connectivity index (χ1n) is 10.9. The van der Waals surface area contributed by atoms with E-state index in [9.17, 15) is 14.7 Å². The number of ketones is 1. The van der Waals surface area contributed by atoms with Crippen molar-refractivity contribution in [3.05, 3.63) is 65.2 Å². The molecular weight excluding hydrogens is 392 g/mol. The van der Waals surface area contributed by atoms with Gasteiger partial charge in [0, 0.05) is 18.7 Å². The van der Waals surface area contributed by atoms with Gasteiger partial charge in [-0.05, 0) is 36.6 Å². The molecule has 6 heteroatoms. The zero-order valence-corrected chi connectivity index (χ0v) is 17.6. The summed E-state index contributed by atoms with van der Waals surface area (Å²) in [5.41, 5.74) is 2.38. The standard InChI is InChI=1S/C25H26N2O4/c1-26-13-14-31-20-12-11-17(15-19(20)26)23(28)21-22(16-7-3-2-4-8-16)27(25(30)24(21)29)18-9-5-6-10-18/h2-4,7-8,11-12,15,18,22,28H,5-6,9-10,13-14H2,1H3/b23-21-. The van der Waals surface area contributed by atoms with Gasteiger partial charge in [0.2, 0.25) is 0 Å². The predicted octanol–water partition coefficient (Wildman–Crippen LogP) is 3.88. The number of nitrogens with zero attached hydrogens (tertiary/aromatic N) is 2. The maximum atomic E-state index is 13.2. The Bertz CT molecular complexity index is 1060. The number of likely N-dealkylation sites (tertiary alicyclic amines) is 1. The van der Waals surface area contributed by atoms with E-state index < -0.39 is 17.7 Å². The fraction of sp³-hybridized carbons (Fsp3) is 0.360. The van der Waals surface area contributed by atoms with Crippen LogP contribution in [-0.2, 0) is 9.59 Å². The highest BCUT2D eigenvalue weighted by molar-refractivity contribution is 6.46. The van der Waals surface area contributed by atoms with Crippen molar-refractivity contribution in [1.29, 1.82) is 0 Å². The summed E-state index contributed by atoms with van der Waals surface area (Å²) < 4.78 is 5.70. The Kier molecular flexibility index (Phi) is 4.93. The Morgan fingerprint density at radius 1 is 1.06 bits per heavy atom. The maximum absolute atomic E-state index is 13.2. The number of carbonyl (C=O) groups excluding carboxylic acids is 2. The number of aliphatic hydroxyl groups excluding tert-OH is 1. The van der Waals surface area contributed by atoms with Gasteiger partial charge in [-0.15, -0.1) is 0 Å². The van der Waals surface area contributed by atoms with E-state index in [4.69, 9.17) is 4.74 Å². The third kappa shape index (κ3) is 3.26. The van der Waals surface area contributed by atoms with Crippen LogP contribution in [0.5, 0.6) is 5.75 Å². The Morgan fingerprint density at radius 3 is 2.55 bits per heavy atom. The topological polar surface area (TPSA) is 70.1 Å². The summed E-state index contributed by atoms with van der Waals surface area (Å²) in [7, 11) is 1.97. The molecule has 1 amide bonds. The first-order valence-corrected chi connectivity index (χ1v) is 10.9. The number of ether oxygens (including phenoxy) is 1. The molecule has 160 valence electrons. The molecule has 2 fully saturated rings. The second kappa shape index (κ2) is 7.76. The van der Waals surface area contributed by atoms with E-state index in [1.807, 2.05) is 49.5 Å². The molecule has 2 heterocycles. The summed E-state index contributed by atoms with van der Waals surface area (Å²) in [5.74, 6) is -0.507. The molecule has 0 aromatic heterocycles. The van der Waals surface area contributed by atoms with Crippen molar-refractivity contribution in [1.82, 2.24) is 4.90 Å². The van der Waals surface area contributed by atoms with Crippen LogP contribution in [0, 0.1) is 0 Å². The SMILES string of the molecule is CN1CCOc2ccc(/C(O)=C3/C(=O)C(=O)N(C4CCCC4)C3c3ccccc3)cc21. The van der Waals surface area contributed by atoms with Gasteiger partial charge in [0.1, 0.15) is 18.1 Å². The number of likely N-dealkylation sites (N-methyl/N-ethyl adjacent to an activating group) is 1. The summed E-state index contributed by atoms with van der Waals surface area (Å²) in [6.07, 6.45) is 3.87. The summed E-state index contributed by atoms with van der Waals surface area (Å²) in [6, 6.07) is 14.4. The highest BCUT2D eigenvalue weighted by atomic mass is 16.5. The van der Waals surface area contributed by atoms with Gasteiger partial charge in [-0.2, -0.15) is 0 Å². The van der Waals surface area contributed by atoms with Gasteiger partial charge < -0.3 is 19.6 Å². The lowest BCUT2D eigenvalue weighted by atomic mass is 9.94. The van der Waals surface area contributed by atoms with E-state index in [1.165, 1.54) is 0 Å². The molecule has 5 rings (SSSR count). The summed E-state index contributed by atoms with van der Waals surface area (Å²) in [4.78, 5) is 30.1. The minimum atomic E-state index is -0.611. The number of Topliss-reactive ketones (excluding diaryl/α,β-unsaturated/α-hetero) is 1. The number of carbonyl (C=O) groups is 2. The molecule has 3 aliphatic rings. The fourth-order valence-corrected chi connectivity index (χ4v) is 5.03. The van der Waals surface area contributed by atoms with Crippen LogP contribution in [0.1, 0.15) is 42.9 Å². The van der Waals surface area contributed by atoms with Gasteiger partial charge in [0.15, 0.2) is 0 Å². The molecule has 1 saturated heterocycles. The first-order chi connectivity index (χ1) is 15.1. The van der Waals surface area contributed by atoms with Crippen LogP contribution in [0.15, 0.2) is 54.1 Å². The highest BCUT2D eigenvalue weighted by Gasteiger charge is 2.49. The fourth-order valence-electron chi connectivity index (χ4n) is 5.03. The normalized spacial score (nSPS) is 23.2. The van der Waals surface area contributed by atoms with E-state index in [-0.39, 0.29) is 17.4 Å². The van der Waals surface area contributed by atoms with Crippen molar-refractivity contribution in [2.75, 3.05) is 25.1 Å². The van der Waals surface area contributed by atoms with Crippen LogP contribution in [-0.4, -0.2) is 47.9 Å². The van der Waals surface area contributed by atoms with Crippen molar-refractivity contribution in [3.63, 3.8) is 0 Å². The zero-order valence-electron chi connectivity index (χ0n) is 17.6. The van der Waals surface area contributed by atoms with Crippen LogP contribution >= 0.6 is 0 Å². The van der Waals surface area contributed by atoms with Gasteiger partial charge in [0.05, 0.1) is 23.8 Å². The number of hydrogen-bond donors (Lipinski definition) is 1. The smallest absolute Gasteiger partial charge is 0.295 e. The monoisotopic (exact) mass is 418 g/mol. The molecular formula is C25H26N2O4. The van der Waals surface area contributed by atoms with Crippen molar-refractivity contribution in [3.8, 4) is 5.75 Å². The molecule has 0 radical (unpaired) electrons. The number of aliphatic hydroxyl groups is 1. The Hall–Kier alpha value is -3.28. The Morgan fingerprint density at radius 2 is 1.81 bits per heavy atom. The van der Waals surface area contributed by atoms with Gasteiger partial charge >= 0.3 is 0 Å². The first kappa shape index (κ1) is 19.7. The largest absolute Gasteiger partial charge is 0.507 e. The Balaban J connectivity index is 1.65. The minimum absolute atomic E-state index is 0.0232. The summed E-state index contributed by atoms with van der Waals surface area (Å²) in [5, 5.41) is 11.3. The Labute approximate surface area is 181 Å². The van der Waals surface area contributed by atoms with Crippen LogP contribution in [0.3, 0.4) is 0 Å². The van der Waals surface area contributed by atoms with E-state index in [0.717, 1.165) is 49.2 Å². The van der Waals surface area contributed by atoms with E-state index in [1.54, 1.807) is 11.0 Å². The van der Waals surface area contributed by atoms with E-state index in [2.05, 4.69) is 4.90 Å². The van der Waals surface area contributed by atoms with E-state index >= 15 is 0 Å². The molecule has 1 aliphatic carbocycles. The minimum Gasteiger partial charge on any atom is -0.507 e. The van der Waals surface area contributed by atoms with Gasteiger partial charge in [-0.3, -0.25) is 9.59 Å². The van der Waals surface area contributed by atoms with Crippen LogP contribution in [0.4, 0.5) is 5.69 Å². The van der Waals surface area contributed by atoms with Gasteiger partial charge in [-0.25, -0.2) is 0 Å². The molecule has 31 heavy (non-hydrogen) atoms. The molecule has 6 nitrogen and oxygen atoms in total. The number of anilines is 1. The average Bonchev–Trinajstić information content (AvgIpc) is 3.41.